The predicted octanol–water partition coefficient (Wildman–Crippen LogP) is 15.6. The van der Waals surface area contributed by atoms with Crippen molar-refractivity contribution >= 4 is 60.9 Å². The van der Waals surface area contributed by atoms with Gasteiger partial charge in [0.15, 0.2) is 0 Å². The summed E-state index contributed by atoms with van der Waals surface area (Å²) in [6.07, 6.45) is 0. The summed E-state index contributed by atoms with van der Waals surface area (Å²) in [6, 6.07) is 75.0. The Bertz CT molecular complexity index is 3000. The van der Waals surface area contributed by atoms with Gasteiger partial charge in [0.1, 0.15) is 22.3 Å². The maximum atomic E-state index is 6.44. The van der Waals surface area contributed by atoms with Crippen LogP contribution in [0.4, 0.5) is 17.1 Å². The molecule has 0 fully saturated rings. The molecule has 0 spiro atoms. The summed E-state index contributed by atoms with van der Waals surface area (Å²) < 4.78 is 12.9. The lowest BCUT2D eigenvalue weighted by atomic mass is 10.0. The Labute approximate surface area is 330 Å². The smallest absolute Gasteiger partial charge is 0.136 e. The highest BCUT2D eigenvalue weighted by molar-refractivity contribution is 6.08. The Morgan fingerprint density at radius 3 is 0.825 bits per heavy atom. The van der Waals surface area contributed by atoms with Gasteiger partial charge < -0.3 is 13.7 Å². The molecule has 9 aromatic carbocycles. The van der Waals surface area contributed by atoms with E-state index in [-0.39, 0.29) is 0 Å². The number of para-hydroxylation sites is 1. The van der Waals surface area contributed by atoms with E-state index in [0.717, 1.165) is 94.3 Å². The maximum Gasteiger partial charge on any atom is 0.136 e. The molecule has 0 atom stereocenters. The molecule has 0 N–H and O–H groups in total. The summed E-state index contributed by atoms with van der Waals surface area (Å²) in [5, 5.41) is 4.50. The normalized spacial score (nSPS) is 11.5. The average molecular weight is 730 g/mol. The number of hydrogen-bond acceptors (Lipinski definition) is 3. The van der Waals surface area contributed by atoms with Gasteiger partial charge in [-0.15, -0.1) is 0 Å². The van der Waals surface area contributed by atoms with Gasteiger partial charge in [0.25, 0.3) is 0 Å². The van der Waals surface area contributed by atoms with Gasteiger partial charge in [0.05, 0.1) is 0 Å². The van der Waals surface area contributed by atoms with E-state index in [0.29, 0.717) is 0 Å². The van der Waals surface area contributed by atoms with Crippen molar-refractivity contribution in [2.45, 2.75) is 0 Å². The first-order valence-electron chi connectivity index (χ1n) is 19.3. The topological polar surface area (TPSA) is 29.5 Å². The Morgan fingerprint density at radius 1 is 0.228 bits per heavy atom. The highest BCUT2D eigenvalue weighted by Gasteiger charge is 2.15. The van der Waals surface area contributed by atoms with Crippen LogP contribution in [0.1, 0.15) is 0 Å². The Kier molecular flexibility index (Phi) is 7.82. The minimum absolute atomic E-state index is 0.888. The van der Waals surface area contributed by atoms with E-state index >= 15 is 0 Å². The van der Waals surface area contributed by atoms with Crippen molar-refractivity contribution in [1.29, 1.82) is 0 Å². The van der Waals surface area contributed by atoms with Crippen LogP contribution in [0.15, 0.2) is 221 Å². The second kappa shape index (κ2) is 13.6. The highest BCUT2D eigenvalue weighted by atomic mass is 16.3. The molecule has 0 aliphatic heterocycles. The zero-order chi connectivity index (χ0) is 37.7. The molecular weight excluding hydrogens is 695 g/mol. The molecule has 11 aromatic rings. The number of nitrogens with zero attached hydrogens (tertiary/aromatic N) is 1. The highest BCUT2D eigenvalue weighted by Crippen LogP contribution is 2.40. The molecule has 57 heavy (non-hydrogen) atoms. The van der Waals surface area contributed by atoms with Crippen molar-refractivity contribution in [2.24, 2.45) is 0 Å². The molecule has 2 aromatic heterocycles. The molecule has 0 saturated heterocycles. The van der Waals surface area contributed by atoms with Crippen LogP contribution in [0, 0.1) is 0 Å². The molecule has 0 bridgehead atoms. The Hall–Kier alpha value is -7.62. The van der Waals surface area contributed by atoms with Gasteiger partial charge in [-0.25, -0.2) is 0 Å². The third-order valence-electron chi connectivity index (χ3n) is 11.1. The predicted molar refractivity (Wildman–Crippen MR) is 237 cm³/mol. The molecule has 0 radical (unpaired) electrons. The van der Waals surface area contributed by atoms with E-state index < -0.39 is 0 Å². The fourth-order valence-corrected chi connectivity index (χ4v) is 8.16. The van der Waals surface area contributed by atoms with Gasteiger partial charge in [-0.05, 0) is 129 Å². The minimum atomic E-state index is 0.888. The summed E-state index contributed by atoms with van der Waals surface area (Å²) >= 11 is 0. The summed E-state index contributed by atoms with van der Waals surface area (Å²) in [5.74, 6) is 0. The molecule has 11 rings (SSSR count). The van der Waals surface area contributed by atoms with Gasteiger partial charge in [-0.2, -0.15) is 0 Å². The maximum absolute atomic E-state index is 6.44. The number of hydrogen-bond donors (Lipinski definition) is 0. The number of anilines is 3. The Morgan fingerprint density at radius 2 is 0.491 bits per heavy atom. The van der Waals surface area contributed by atoms with Crippen LogP contribution in [0.5, 0.6) is 0 Å². The summed E-state index contributed by atoms with van der Waals surface area (Å²) in [6.45, 7) is 0. The zero-order valence-electron chi connectivity index (χ0n) is 31.0. The van der Waals surface area contributed by atoms with E-state index in [1.165, 1.54) is 11.1 Å². The van der Waals surface area contributed by atoms with Crippen LogP contribution < -0.4 is 4.90 Å². The number of fused-ring (bicyclic) bond motifs is 6. The summed E-state index contributed by atoms with van der Waals surface area (Å²) in [5.41, 5.74) is 16.0. The van der Waals surface area contributed by atoms with Crippen LogP contribution in [0.3, 0.4) is 0 Å². The number of furan rings is 2. The molecule has 0 saturated carbocycles. The second-order valence-corrected chi connectivity index (χ2v) is 14.5. The van der Waals surface area contributed by atoms with E-state index in [4.69, 9.17) is 8.83 Å². The van der Waals surface area contributed by atoms with Crippen molar-refractivity contribution in [1.82, 2.24) is 0 Å². The molecule has 0 unspecified atom stereocenters. The standard InChI is InChI=1S/C54H35NO2/c1-4-10-36(11-5-1)40-20-28-47-49-30-22-42(34-53(49)56-51(47)32-40)38-16-24-45(25-17-38)55(44-14-8-3-9-15-44)46-26-18-39(19-27-46)43-23-31-50-48-29-21-41(37-12-6-2-7-13-37)33-52(48)57-54(50)35-43/h1-35H. The van der Waals surface area contributed by atoms with Gasteiger partial charge >= 0.3 is 0 Å². The van der Waals surface area contributed by atoms with Gasteiger partial charge in [0, 0.05) is 38.6 Å². The molecule has 0 aliphatic rings. The van der Waals surface area contributed by atoms with Gasteiger partial charge in [0.2, 0.25) is 0 Å². The third-order valence-corrected chi connectivity index (χ3v) is 11.1. The lowest BCUT2D eigenvalue weighted by molar-refractivity contribution is 0.669. The molecule has 3 heteroatoms. The average Bonchev–Trinajstić information content (AvgIpc) is 3.84. The van der Waals surface area contributed by atoms with Gasteiger partial charge in [-0.1, -0.05) is 127 Å². The van der Waals surface area contributed by atoms with Gasteiger partial charge in [-0.3, -0.25) is 0 Å². The van der Waals surface area contributed by atoms with Crippen molar-refractivity contribution in [3.63, 3.8) is 0 Å². The zero-order valence-corrected chi connectivity index (χ0v) is 31.0. The van der Waals surface area contributed by atoms with Crippen molar-refractivity contribution < 1.29 is 8.83 Å². The second-order valence-electron chi connectivity index (χ2n) is 14.5. The third kappa shape index (κ3) is 5.94. The number of rotatable bonds is 7. The van der Waals surface area contributed by atoms with E-state index in [9.17, 15) is 0 Å². The minimum Gasteiger partial charge on any atom is -0.456 e. The fraction of sp³-hybridized carbons (Fsp3) is 0. The van der Waals surface area contributed by atoms with Crippen LogP contribution in [0.25, 0.3) is 88.4 Å². The number of benzene rings is 9. The lowest BCUT2D eigenvalue weighted by Gasteiger charge is -2.26. The van der Waals surface area contributed by atoms with Crippen LogP contribution >= 0.6 is 0 Å². The summed E-state index contributed by atoms with van der Waals surface area (Å²) in [7, 11) is 0. The molecule has 0 amide bonds. The lowest BCUT2D eigenvalue weighted by Crippen LogP contribution is -2.09. The van der Waals surface area contributed by atoms with Crippen LogP contribution in [0.2, 0.25) is 0 Å². The van der Waals surface area contributed by atoms with Crippen molar-refractivity contribution in [3.8, 4) is 44.5 Å². The SMILES string of the molecule is c1ccc(-c2ccc3c(c2)oc2cc(-c4ccc(N(c5ccccc5)c5ccc(-c6ccc7c(c6)oc6cc(-c8ccccc8)ccc67)cc5)cc4)ccc23)cc1. The molecular formula is C54H35NO2. The quantitative estimate of drug-likeness (QED) is 0.164. The Balaban J connectivity index is 0.889. The first-order chi connectivity index (χ1) is 28.2. The van der Waals surface area contributed by atoms with E-state index in [1.807, 2.05) is 12.1 Å². The van der Waals surface area contributed by atoms with E-state index in [2.05, 4.69) is 205 Å². The molecule has 268 valence electrons. The molecule has 2 heterocycles. The molecule has 3 nitrogen and oxygen atoms in total. The van der Waals surface area contributed by atoms with Crippen LogP contribution in [-0.2, 0) is 0 Å². The van der Waals surface area contributed by atoms with E-state index in [1.54, 1.807) is 0 Å². The van der Waals surface area contributed by atoms with Crippen molar-refractivity contribution in [3.05, 3.63) is 212 Å². The first-order valence-corrected chi connectivity index (χ1v) is 19.3. The fourth-order valence-electron chi connectivity index (χ4n) is 8.16. The summed E-state index contributed by atoms with van der Waals surface area (Å²) in [4.78, 5) is 2.30. The van der Waals surface area contributed by atoms with Crippen molar-refractivity contribution in [2.75, 3.05) is 4.90 Å². The largest absolute Gasteiger partial charge is 0.456 e. The first kappa shape index (κ1) is 32.8. The molecule has 0 aliphatic carbocycles. The monoisotopic (exact) mass is 729 g/mol. The van der Waals surface area contributed by atoms with Crippen LogP contribution in [-0.4, -0.2) is 0 Å².